The molecule has 1 amide bonds. The first-order valence-corrected chi connectivity index (χ1v) is 8.33. The van der Waals surface area contributed by atoms with Gasteiger partial charge in [0.1, 0.15) is 5.60 Å². The van der Waals surface area contributed by atoms with E-state index in [2.05, 4.69) is 17.7 Å². The Balaban J connectivity index is 1.78. The van der Waals surface area contributed by atoms with E-state index in [1.165, 1.54) is 17.3 Å². The Kier molecular flexibility index (Phi) is 5.15. The van der Waals surface area contributed by atoms with Crippen LogP contribution in [0, 0.1) is 0 Å². The van der Waals surface area contributed by atoms with Gasteiger partial charge in [0, 0.05) is 44.8 Å². The van der Waals surface area contributed by atoms with Crippen molar-refractivity contribution < 1.29 is 14.0 Å². The van der Waals surface area contributed by atoms with Crippen LogP contribution >= 0.6 is 0 Å². The standard InChI is InChI=1S/C16H31N3O2/c1-16(2,3)21-15(20)18-13-7-11-19(4,12-8-13)14-5-9-17-10-6-14/h13-14,17H,5-12H2,1-4H3/p+1. The van der Waals surface area contributed by atoms with Crippen molar-refractivity contribution in [3.05, 3.63) is 0 Å². The average Bonchev–Trinajstić information content (AvgIpc) is 2.40. The fourth-order valence-electron chi connectivity index (χ4n) is 3.57. The van der Waals surface area contributed by atoms with Crippen LogP contribution in [0.3, 0.4) is 0 Å². The van der Waals surface area contributed by atoms with E-state index in [0.717, 1.165) is 45.1 Å². The highest BCUT2D eigenvalue weighted by molar-refractivity contribution is 5.68. The van der Waals surface area contributed by atoms with Gasteiger partial charge in [0.05, 0.1) is 26.2 Å². The molecule has 0 radical (unpaired) electrons. The van der Waals surface area contributed by atoms with Gasteiger partial charge in [0.15, 0.2) is 0 Å². The average molecular weight is 298 g/mol. The van der Waals surface area contributed by atoms with Crippen molar-refractivity contribution in [3.63, 3.8) is 0 Å². The van der Waals surface area contributed by atoms with E-state index in [0.29, 0.717) is 0 Å². The first-order valence-electron chi connectivity index (χ1n) is 8.33. The maximum atomic E-state index is 11.8. The third-order valence-electron chi connectivity index (χ3n) is 4.89. The molecule has 2 aliphatic heterocycles. The van der Waals surface area contributed by atoms with Crippen molar-refractivity contribution in [2.24, 2.45) is 0 Å². The van der Waals surface area contributed by atoms with Crippen LogP contribution in [0.5, 0.6) is 0 Å². The predicted octanol–water partition coefficient (Wildman–Crippen LogP) is 1.87. The van der Waals surface area contributed by atoms with E-state index in [4.69, 9.17) is 4.74 Å². The zero-order valence-corrected chi connectivity index (χ0v) is 14.1. The minimum absolute atomic E-state index is 0.271. The molecule has 5 nitrogen and oxygen atoms in total. The number of carbonyl (C=O) groups is 1. The molecule has 0 aliphatic carbocycles. The molecule has 0 saturated carbocycles. The van der Waals surface area contributed by atoms with Gasteiger partial charge in [-0.2, -0.15) is 0 Å². The van der Waals surface area contributed by atoms with Gasteiger partial charge in [0.25, 0.3) is 0 Å². The molecule has 0 unspecified atom stereocenters. The second-order valence-corrected chi connectivity index (χ2v) is 7.83. The summed E-state index contributed by atoms with van der Waals surface area (Å²) in [5.74, 6) is 0. The van der Waals surface area contributed by atoms with Crippen molar-refractivity contribution in [1.82, 2.24) is 10.6 Å². The summed E-state index contributed by atoms with van der Waals surface area (Å²) in [4.78, 5) is 11.8. The number of ether oxygens (including phenoxy) is 1. The van der Waals surface area contributed by atoms with Gasteiger partial charge in [-0.05, 0) is 20.8 Å². The number of carbonyl (C=O) groups excluding carboxylic acids is 1. The molecule has 0 atom stereocenters. The lowest BCUT2D eigenvalue weighted by Crippen LogP contribution is -2.61. The van der Waals surface area contributed by atoms with Crippen LogP contribution in [0.1, 0.15) is 46.5 Å². The van der Waals surface area contributed by atoms with Crippen LogP contribution in [-0.4, -0.2) is 61.5 Å². The molecule has 2 aliphatic rings. The summed E-state index contributed by atoms with van der Waals surface area (Å²) in [6.45, 7) is 10.3. The molecule has 21 heavy (non-hydrogen) atoms. The SMILES string of the molecule is CC(C)(C)OC(=O)NC1CC[N+](C)(C2CCNCC2)CC1. The Morgan fingerprint density at radius 2 is 1.71 bits per heavy atom. The van der Waals surface area contributed by atoms with Crippen molar-refractivity contribution >= 4 is 6.09 Å². The van der Waals surface area contributed by atoms with Crippen LogP contribution in [0.4, 0.5) is 4.79 Å². The van der Waals surface area contributed by atoms with Gasteiger partial charge in [-0.15, -0.1) is 0 Å². The molecule has 0 aromatic rings. The number of alkyl carbamates (subject to hydrolysis) is 1. The maximum Gasteiger partial charge on any atom is 0.407 e. The number of nitrogens with one attached hydrogen (secondary N) is 2. The maximum absolute atomic E-state index is 11.8. The second-order valence-electron chi connectivity index (χ2n) is 7.83. The lowest BCUT2D eigenvalue weighted by Gasteiger charge is -2.47. The summed E-state index contributed by atoms with van der Waals surface area (Å²) in [6.07, 6.45) is 4.39. The van der Waals surface area contributed by atoms with E-state index in [-0.39, 0.29) is 12.1 Å². The number of quaternary nitrogens is 1. The molecule has 2 rings (SSSR count). The molecule has 122 valence electrons. The minimum Gasteiger partial charge on any atom is -0.444 e. The Hall–Kier alpha value is -0.810. The number of piperidine rings is 2. The topological polar surface area (TPSA) is 50.4 Å². The highest BCUT2D eigenvalue weighted by atomic mass is 16.6. The Bertz CT molecular complexity index is 351. The molecule has 2 fully saturated rings. The summed E-state index contributed by atoms with van der Waals surface area (Å²) >= 11 is 0. The van der Waals surface area contributed by atoms with Crippen molar-refractivity contribution in [2.75, 3.05) is 33.2 Å². The molecular weight excluding hydrogens is 266 g/mol. The summed E-state index contributed by atoms with van der Waals surface area (Å²) in [7, 11) is 2.39. The van der Waals surface area contributed by atoms with E-state index in [1.807, 2.05) is 20.8 Å². The highest BCUT2D eigenvalue weighted by Gasteiger charge is 2.38. The van der Waals surface area contributed by atoms with Gasteiger partial charge in [-0.1, -0.05) is 0 Å². The molecule has 2 N–H and O–H groups in total. The quantitative estimate of drug-likeness (QED) is 0.765. The number of rotatable bonds is 2. The highest BCUT2D eigenvalue weighted by Crippen LogP contribution is 2.25. The van der Waals surface area contributed by atoms with E-state index < -0.39 is 5.60 Å². The second kappa shape index (κ2) is 6.53. The monoisotopic (exact) mass is 298 g/mol. The largest absolute Gasteiger partial charge is 0.444 e. The molecule has 5 heteroatoms. The van der Waals surface area contributed by atoms with Crippen LogP contribution in [0.25, 0.3) is 0 Å². The smallest absolute Gasteiger partial charge is 0.407 e. The van der Waals surface area contributed by atoms with Crippen molar-refractivity contribution in [3.8, 4) is 0 Å². The fourth-order valence-corrected chi connectivity index (χ4v) is 3.57. The van der Waals surface area contributed by atoms with Crippen LogP contribution in [0.2, 0.25) is 0 Å². The molecule has 0 aromatic carbocycles. The van der Waals surface area contributed by atoms with Gasteiger partial charge < -0.3 is 19.9 Å². The summed E-state index contributed by atoms with van der Waals surface area (Å²) in [5, 5.41) is 6.48. The van der Waals surface area contributed by atoms with Gasteiger partial charge in [-0.25, -0.2) is 4.79 Å². The minimum atomic E-state index is -0.418. The van der Waals surface area contributed by atoms with Gasteiger partial charge in [0.2, 0.25) is 0 Å². The van der Waals surface area contributed by atoms with Crippen LogP contribution in [0.15, 0.2) is 0 Å². The number of amides is 1. The Morgan fingerprint density at radius 1 is 1.14 bits per heavy atom. The number of likely N-dealkylation sites (tertiary alicyclic amines) is 1. The summed E-state index contributed by atoms with van der Waals surface area (Å²) in [5.41, 5.74) is -0.418. The molecule has 0 bridgehead atoms. The lowest BCUT2D eigenvalue weighted by molar-refractivity contribution is -0.938. The summed E-state index contributed by atoms with van der Waals surface area (Å²) in [6, 6.07) is 1.06. The normalized spacial score (nSPS) is 31.7. The zero-order valence-electron chi connectivity index (χ0n) is 14.1. The van der Waals surface area contributed by atoms with E-state index in [9.17, 15) is 4.79 Å². The van der Waals surface area contributed by atoms with Gasteiger partial charge >= 0.3 is 6.09 Å². The van der Waals surface area contributed by atoms with Gasteiger partial charge in [-0.3, -0.25) is 0 Å². The first-order chi connectivity index (χ1) is 9.78. The van der Waals surface area contributed by atoms with Crippen molar-refractivity contribution in [1.29, 1.82) is 0 Å². The fraction of sp³-hybridized carbons (Fsp3) is 0.938. The molecule has 0 aromatic heterocycles. The molecule has 2 heterocycles. The number of hydrogen-bond donors (Lipinski definition) is 2. The predicted molar refractivity (Wildman–Crippen MR) is 84.2 cm³/mol. The van der Waals surface area contributed by atoms with E-state index >= 15 is 0 Å². The van der Waals surface area contributed by atoms with Crippen LogP contribution in [-0.2, 0) is 4.74 Å². The molecular formula is C16H32N3O2+. The van der Waals surface area contributed by atoms with E-state index in [1.54, 1.807) is 0 Å². The Labute approximate surface area is 129 Å². The van der Waals surface area contributed by atoms with Crippen molar-refractivity contribution in [2.45, 2.75) is 64.1 Å². The Morgan fingerprint density at radius 3 is 2.24 bits per heavy atom. The molecule has 2 saturated heterocycles. The zero-order chi connectivity index (χ0) is 15.5. The third kappa shape index (κ3) is 4.85. The lowest BCUT2D eigenvalue weighted by atomic mass is 9.95. The molecule has 0 spiro atoms. The van der Waals surface area contributed by atoms with Crippen LogP contribution < -0.4 is 10.6 Å². The number of nitrogens with zero attached hydrogens (tertiary/aromatic N) is 1. The first kappa shape index (κ1) is 16.6. The number of hydrogen-bond acceptors (Lipinski definition) is 3. The third-order valence-corrected chi connectivity index (χ3v) is 4.89. The summed E-state index contributed by atoms with van der Waals surface area (Å²) < 4.78 is 6.52.